The Bertz CT molecular complexity index is 889. The van der Waals surface area contributed by atoms with Gasteiger partial charge in [-0.25, -0.2) is 9.79 Å². The van der Waals surface area contributed by atoms with Crippen LogP contribution in [0.4, 0.5) is 0 Å². The lowest BCUT2D eigenvalue weighted by atomic mass is 10.1. The largest absolute Gasteiger partial charge is 0.493 e. The fourth-order valence-electron chi connectivity index (χ4n) is 2.92. The number of benzene rings is 2. The van der Waals surface area contributed by atoms with Gasteiger partial charge in [0.25, 0.3) is 0 Å². The molecule has 28 heavy (non-hydrogen) atoms. The fraction of sp³-hybridized carbons (Fsp3) is 0.304. The van der Waals surface area contributed by atoms with Crippen molar-refractivity contribution in [3.8, 4) is 5.75 Å². The van der Waals surface area contributed by atoms with Crippen LogP contribution in [0.25, 0.3) is 6.08 Å². The zero-order valence-electron chi connectivity index (χ0n) is 16.0. The fourth-order valence-corrected chi connectivity index (χ4v) is 3.11. The predicted octanol–water partition coefficient (Wildman–Crippen LogP) is 6.03. The Morgan fingerprint density at radius 3 is 2.71 bits per heavy atom. The number of hydrogen-bond donors (Lipinski definition) is 0. The van der Waals surface area contributed by atoms with Gasteiger partial charge < -0.3 is 9.47 Å². The molecule has 2 aromatic carbocycles. The number of carbonyl (C=O) groups excluding carboxylic acids is 1. The highest BCUT2D eigenvalue weighted by Crippen LogP contribution is 2.25. The number of para-hydroxylation sites is 1. The Balaban J connectivity index is 1.71. The molecular formula is C23H24ClNO3. The molecule has 0 atom stereocenters. The Morgan fingerprint density at radius 1 is 1.07 bits per heavy atom. The van der Waals surface area contributed by atoms with E-state index in [0.717, 1.165) is 24.2 Å². The maximum Gasteiger partial charge on any atom is 0.363 e. The van der Waals surface area contributed by atoms with E-state index >= 15 is 0 Å². The smallest absolute Gasteiger partial charge is 0.363 e. The summed E-state index contributed by atoms with van der Waals surface area (Å²) in [6, 6.07) is 14.7. The Morgan fingerprint density at radius 2 is 1.89 bits per heavy atom. The number of cyclic esters (lactones) is 1. The van der Waals surface area contributed by atoms with Gasteiger partial charge in [-0.05, 0) is 36.8 Å². The van der Waals surface area contributed by atoms with Gasteiger partial charge in [-0.2, -0.15) is 0 Å². The highest BCUT2D eigenvalue weighted by atomic mass is 35.5. The van der Waals surface area contributed by atoms with Gasteiger partial charge in [0.15, 0.2) is 5.70 Å². The summed E-state index contributed by atoms with van der Waals surface area (Å²) in [5, 5.41) is 0.561. The third-order valence-electron chi connectivity index (χ3n) is 4.41. The molecule has 0 radical (unpaired) electrons. The molecule has 0 spiro atoms. The molecule has 5 heteroatoms. The van der Waals surface area contributed by atoms with Crippen molar-refractivity contribution in [2.45, 2.75) is 39.0 Å². The summed E-state index contributed by atoms with van der Waals surface area (Å²) in [5.74, 6) is 0.516. The molecule has 0 saturated carbocycles. The van der Waals surface area contributed by atoms with E-state index in [0.29, 0.717) is 17.2 Å². The SMILES string of the molecule is CCCCCCCOc1ccccc1/C=C1\N=C(c2cccc(Cl)c2)OC1=O. The summed E-state index contributed by atoms with van der Waals surface area (Å²) in [4.78, 5) is 16.6. The van der Waals surface area contributed by atoms with E-state index in [1.54, 1.807) is 30.3 Å². The van der Waals surface area contributed by atoms with Gasteiger partial charge in [0.1, 0.15) is 5.75 Å². The van der Waals surface area contributed by atoms with Crippen molar-refractivity contribution in [2.75, 3.05) is 6.61 Å². The van der Waals surface area contributed by atoms with E-state index in [2.05, 4.69) is 11.9 Å². The van der Waals surface area contributed by atoms with Crippen molar-refractivity contribution in [3.63, 3.8) is 0 Å². The Hall–Kier alpha value is -2.59. The third-order valence-corrected chi connectivity index (χ3v) is 4.64. The number of carbonyl (C=O) groups is 1. The number of halogens is 1. The van der Waals surface area contributed by atoms with Gasteiger partial charge in [0.05, 0.1) is 6.61 Å². The minimum absolute atomic E-state index is 0.244. The molecule has 0 aliphatic carbocycles. The van der Waals surface area contributed by atoms with Crippen LogP contribution in [-0.4, -0.2) is 18.5 Å². The summed E-state index contributed by atoms with van der Waals surface area (Å²) >= 11 is 6.01. The Labute approximate surface area is 170 Å². The molecule has 0 amide bonds. The van der Waals surface area contributed by atoms with Crippen LogP contribution in [-0.2, 0) is 9.53 Å². The molecule has 0 N–H and O–H groups in total. The van der Waals surface area contributed by atoms with Crippen LogP contribution < -0.4 is 4.74 Å². The minimum atomic E-state index is -0.482. The molecular weight excluding hydrogens is 374 g/mol. The number of ether oxygens (including phenoxy) is 2. The number of esters is 1. The van der Waals surface area contributed by atoms with Crippen molar-refractivity contribution in [1.29, 1.82) is 0 Å². The molecule has 0 bridgehead atoms. The second kappa shape index (κ2) is 10.1. The third kappa shape index (κ3) is 5.46. The monoisotopic (exact) mass is 397 g/mol. The van der Waals surface area contributed by atoms with Crippen molar-refractivity contribution in [1.82, 2.24) is 0 Å². The second-order valence-corrected chi connectivity index (χ2v) is 7.08. The first-order valence-corrected chi connectivity index (χ1v) is 10.1. The lowest BCUT2D eigenvalue weighted by molar-refractivity contribution is -0.129. The van der Waals surface area contributed by atoms with Gasteiger partial charge >= 0.3 is 5.97 Å². The summed E-state index contributed by atoms with van der Waals surface area (Å²) < 4.78 is 11.2. The number of unbranched alkanes of at least 4 members (excludes halogenated alkanes) is 4. The highest BCUT2D eigenvalue weighted by molar-refractivity contribution is 6.31. The molecule has 2 aromatic rings. The zero-order chi connectivity index (χ0) is 19.8. The van der Waals surface area contributed by atoms with Gasteiger partial charge in [0.2, 0.25) is 5.90 Å². The van der Waals surface area contributed by atoms with E-state index in [-0.39, 0.29) is 11.6 Å². The number of nitrogens with zero attached hydrogens (tertiary/aromatic N) is 1. The first-order chi connectivity index (χ1) is 13.7. The number of hydrogen-bond acceptors (Lipinski definition) is 4. The van der Waals surface area contributed by atoms with E-state index in [1.165, 1.54) is 19.3 Å². The van der Waals surface area contributed by atoms with Gasteiger partial charge in [-0.1, -0.05) is 68.5 Å². The standard InChI is InChI=1S/C23H24ClNO3/c1-2-3-4-5-8-14-27-21-13-7-6-10-17(21)16-20-23(26)28-22(25-20)18-11-9-12-19(24)15-18/h6-7,9-13,15-16H,2-5,8,14H2,1H3/b20-16-. The van der Waals surface area contributed by atoms with Crippen molar-refractivity contribution >= 4 is 29.5 Å². The molecule has 4 nitrogen and oxygen atoms in total. The van der Waals surface area contributed by atoms with E-state index in [1.807, 2.05) is 24.3 Å². The topological polar surface area (TPSA) is 47.9 Å². The minimum Gasteiger partial charge on any atom is -0.493 e. The number of aliphatic imine (C=N–C) groups is 1. The summed E-state index contributed by atoms with van der Waals surface area (Å²) in [6.07, 6.45) is 7.61. The lowest BCUT2D eigenvalue weighted by Gasteiger charge is -2.09. The summed E-state index contributed by atoms with van der Waals surface area (Å²) in [5.41, 5.74) is 1.72. The van der Waals surface area contributed by atoms with E-state index in [4.69, 9.17) is 21.1 Å². The molecule has 1 heterocycles. The lowest BCUT2D eigenvalue weighted by Crippen LogP contribution is -2.05. The molecule has 1 aliphatic heterocycles. The Kier molecular flexibility index (Phi) is 7.26. The maximum atomic E-state index is 12.2. The molecule has 1 aliphatic rings. The quantitative estimate of drug-likeness (QED) is 0.294. The van der Waals surface area contributed by atoms with Crippen LogP contribution in [0.3, 0.4) is 0 Å². The van der Waals surface area contributed by atoms with Crippen LogP contribution in [0.15, 0.2) is 59.2 Å². The van der Waals surface area contributed by atoms with Gasteiger partial charge in [-0.3, -0.25) is 0 Å². The number of rotatable bonds is 9. The van der Waals surface area contributed by atoms with Crippen molar-refractivity contribution in [3.05, 3.63) is 70.4 Å². The van der Waals surface area contributed by atoms with E-state index < -0.39 is 5.97 Å². The summed E-state index contributed by atoms with van der Waals surface area (Å²) in [7, 11) is 0. The van der Waals surface area contributed by atoms with Crippen LogP contribution in [0.5, 0.6) is 5.75 Å². The van der Waals surface area contributed by atoms with Crippen molar-refractivity contribution < 1.29 is 14.3 Å². The molecule has 146 valence electrons. The zero-order valence-corrected chi connectivity index (χ0v) is 16.7. The van der Waals surface area contributed by atoms with E-state index in [9.17, 15) is 4.79 Å². The van der Waals surface area contributed by atoms with Crippen LogP contribution >= 0.6 is 11.6 Å². The molecule has 0 unspecified atom stereocenters. The van der Waals surface area contributed by atoms with Gasteiger partial charge in [0, 0.05) is 16.1 Å². The molecule has 3 rings (SSSR count). The summed E-state index contributed by atoms with van der Waals surface area (Å²) in [6.45, 7) is 2.86. The molecule has 0 fully saturated rings. The predicted molar refractivity (Wildman–Crippen MR) is 113 cm³/mol. The van der Waals surface area contributed by atoms with Crippen LogP contribution in [0.2, 0.25) is 5.02 Å². The van der Waals surface area contributed by atoms with Crippen LogP contribution in [0.1, 0.15) is 50.2 Å². The highest BCUT2D eigenvalue weighted by Gasteiger charge is 2.24. The van der Waals surface area contributed by atoms with Crippen molar-refractivity contribution in [2.24, 2.45) is 4.99 Å². The second-order valence-electron chi connectivity index (χ2n) is 6.65. The normalized spacial score (nSPS) is 14.9. The maximum absolute atomic E-state index is 12.2. The molecule has 0 saturated heterocycles. The van der Waals surface area contributed by atoms with Gasteiger partial charge in [-0.15, -0.1) is 0 Å². The van der Waals surface area contributed by atoms with Crippen LogP contribution in [0, 0.1) is 0 Å². The molecule has 0 aromatic heterocycles. The first-order valence-electron chi connectivity index (χ1n) is 9.67. The average Bonchev–Trinajstić information content (AvgIpc) is 3.06. The average molecular weight is 398 g/mol. The first kappa shape index (κ1) is 20.2.